The van der Waals surface area contributed by atoms with Crippen LogP contribution in [0.4, 0.5) is 14.5 Å². The van der Waals surface area contributed by atoms with Gasteiger partial charge in [-0.05, 0) is 60.0 Å². The second-order valence-corrected chi connectivity index (χ2v) is 9.90. The molecular weight excluding hydrogens is 546 g/mol. The number of benzene rings is 3. The molecule has 3 atom stereocenters. The van der Waals surface area contributed by atoms with E-state index >= 15 is 0 Å². The Morgan fingerprint density at radius 2 is 1.55 bits per heavy atom. The summed E-state index contributed by atoms with van der Waals surface area (Å²) in [5.41, 5.74) is 8.33. The largest absolute Gasteiger partial charge is 0.497 e. The third-order valence-electron chi connectivity index (χ3n) is 7.71. The summed E-state index contributed by atoms with van der Waals surface area (Å²) in [4.78, 5) is 42.5. The van der Waals surface area contributed by atoms with Crippen molar-refractivity contribution in [3.05, 3.63) is 118 Å². The molecule has 0 bridgehead atoms. The van der Waals surface area contributed by atoms with Crippen LogP contribution in [-0.4, -0.2) is 39.1 Å². The lowest BCUT2D eigenvalue weighted by molar-refractivity contribution is -0.150. The number of rotatable bonds is 6. The Hall–Kier alpha value is -4.99. The highest BCUT2D eigenvalue weighted by Gasteiger charge is 2.51. The Morgan fingerprint density at radius 3 is 2.14 bits per heavy atom. The number of halogens is 2. The van der Waals surface area contributed by atoms with Gasteiger partial charge >= 0.3 is 11.9 Å². The van der Waals surface area contributed by atoms with Gasteiger partial charge in [-0.2, -0.15) is 0 Å². The Labute approximate surface area is 241 Å². The minimum absolute atomic E-state index is 0.0839. The number of Topliss-reactive ketones (excluding diaryl/α,β-unsaturated/α-hetero) is 1. The minimum Gasteiger partial charge on any atom is -0.497 e. The summed E-state index contributed by atoms with van der Waals surface area (Å²) in [6.45, 7) is 0. The molecular formula is C32H28F2N2O6. The van der Waals surface area contributed by atoms with Crippen molar-refractivity contribution in [2.24, 2.45) is 11.7 Å². The van der Waals surface area contributed by atoms with Gasteiger partial charge in [0.25, 0.3) is 0 Å². The number of esters is 2. The van der Waals surface area contributed by atoms with Crippen LogP contribution >= 0.6 is 0 Å². The second kappa shape index (κ2) is 11.5. The highest BCUT2D eigenvalue weighted by molar-refractivity contribution is 6.14. The summed E-state index contributed by atoms with van der Waals surface area (Å²) >= 11 is 0. The van der Waals surface area contributed by atoms with E-state index in [1.165, 1.54) is 68.7 Å². The van der Waals surface area contributed by atoms with E-state index in [-0.39, 0.29) is 29.1 Å². The van der Waals surface area contributed by atoms with Gasteiger partial charge in [0.15, 0.2) is 5.78 Å². The Bertz CT molecular complexity index is 1610. The molecule has 0 fully saturated rings. The number of carbonyl (C=O) groups excluding carboxylic acids is 3. The first kappa shape index (κ1) is 28.5. The standard InChI is InChI=1S/C32H28F2N2O6/c1-40-22-13-9-17(10-14-22)23-16-24-27(29(37)26(23)31(38)41-2)25(18-7-11-19(33)12-8-18)28(32(39)42-3)30(35)36(24)21-6-4-5-20(34)15-21/h4-15,23,25-26H,16,35H2,1-3H3/t23-,25+,26-/m1/s1. The van der Waals surface area contributed by atoms with Gasteiger partial charge in [-0.25, -0.2) is 13.6 Å². The van der Waals surface area contributed by atoms with Gasteiger partial charge in [0.05, 0.1) is 38.5 Å². The lowest BCUT2D eigenvalue weighted by atomic mass is 9.67. The number of nitrogens with zero attached hydrogens (tertiary/aromatic N) is 1. The number of methoxy groups -OCH3 is 3. The molecule has 0 saturated carbocycles. The fourth-order valence-electron chi connectivity index (χ4n) is 5.80. The van der Waals surface area contributed by atoms with Crippen LogP contribution in [0.5, 0.6) is 5.75 Å². The van der Waals surface area contributed by atoms with Crippen molar-refractivity contribution in [2.75, 3.05) is 26.2 Å². The van der Waals surface area contributed by atoms with Crippen molar-refractivity contribution in [3.8, 4) is 5.75 Å². The highest BCUT2D eigenvalue weighted by atomic mass is 19.1. The smallest absolute Gasteiger partial charge is 0.338 e. The summed E-state index contributed by atoms with van der Waals surface area (Å²) in [7, 11) is 3.89. The van der Waals surface area contributed by atoms with Gasteiger partial charge in [0.1, 0.15) is 29.1 Å². The average molecular weight is 575 g/mol. The fourth-order valence-corrected chi connectivity index (χ4v) is 5.80. The number of hydrogen-bond acceptors (Lipinski definition) is 8. The molecule has 0 saturated heterocycles. The molecule has 3 aromatic rings. The van der Waals surface area contributed by atoms with Crippen LogP contribution in [0, 0.1) is 17.6 Å². The molecule has 1 aliphatic heterocycles. The van der Waals surface area contributed by atoms with Gasteiger partial charge in [-0.15, -0.1) is 0 Å². The van der Waals surface area contributed by atoms with E-state index < -0.39 is 47.1 Å². The molecule has 1 aliphatic carbocycles. The predicted molar refractivity (Wildman–Crippen MR) is 149 cm³/mol. The van der Waals surface area contributed by atoms with E-state index in [1.807, 2.05) is 0 Å². The molecule has 216 valence electrons. The summed E-state index contributed by atoms with van der Waals surface area (Å²) in [5.74, 6) is -5.88. The molecule has 0 amide bonds. The lowest BCUT2D eigenvalue weighted by Gasteiger charge is -2.44. The van der Waals surface area contributed by atoms with Crippen molar-refractivity contribution in [3.63, 3.8) is 0 Å². The first-order chi connectivity index (χ1) is 20.2. The maximum atomic E-state index is 14.6. The first-order valence-corrected chi connectivity index (χ1v) is 13.1. The minimum atomic E-state index is -1.28. The summed E-state index contributed by atoms with van der Waals surface area (Å²) in [6.07, 6.45) is 0.0938. The SMILES string of the molecule is COC(=O)C1=C(N)N(c2cccc(F)c2)C2=C(C(=O)[C@H](C(=O)OC)[C@@H](c3ccc(OC)cc3)C2)[C@@H]1c1ccc(F)cc1. The number of carbonyl (C=O) groups is 3. The number of allylic oxidation sites excluding steroid dienone is 2. The van der Waals surface area contributed by atoms with Crippen molar-refractivity contribution in [1.82, 2.24) is 0 Å². The summed E-state index contributed by atoms with van der Waals surface area (Å²) in [6, 6.07) is 17.8. The van der Waals surface area contributed by atoms with E-state index in [2.05, 4.69) is 0 Å². The van der Waals surface area contributed by atoms with Gasteiger partial charge in [0.2, 0.25) is 0 Å². The van der Waals surface area contributed by atoms with Crippen LogP contribution < -0.4 is 15.4 Å². The van der Waals surface area contributed by atoms with Gasteiger partial charge in [-0.1, -0.05) is 30.3 Å². The van der Waals surface area contributed by atoms with E-state index in [9.17, 15) is 23.2 Å². The third-order valence-corrected chi connectivity index (χ3v) is 7.71. The van der Waals surface area contributed by atoms with Gasteiger partial charge in [0, 0.05) is 17.2 Å². The monoisotopic (exact) mass is 574 g/mol. The van der Waals surface area contributed by atoms with Crippen LogP contribution in [-0.2, 0) is 23.9 Å². The van der Waals surface area contributed by atoms with Crippen molar-refractivity contribution in [2.45, 2.75) is 18.3 Å². The number of nitrogens with two attached hydrogens (primary N) is 1. The highest BCUT2D eigenvalue weighted by Crippen LogP contribution is 2.51. The van der Waals surface area contributed by atoms with Crippen LogP contribution in [0.3, 0.4) is 0 Å². The molecule has 10 heteroatoms. The maximum Gasteiger partial charge on any atom is 0.338 e. The van der Waals surface area contributed by atoms with E-state index in [4.69, 9.17) is 19.9 Å². The number of ketones is 1. The van der Waals surface area contributed by atoms with Crippen LogP contribution in [0.25, 0.3) is 0 Å². The molecule has 0 aromatic heterocycles. The first-order valence-electron chi connectivity index (χ1n) is 13.1. The molecule has 3 aromatic carbocycles. The molecule has 5 rings (SSSR count). The maximum absolute atomic E-state index is 14.6. The van der Waals surface area contributed by atoms with E-state index in [0.29, 0.717) is 22.6 Å². The fraction of sp³-hybridized carbons (Fsp3) is 0.219. The zero-order valence-corrected chi connectivity index (χ0v) is 23.1. The Morgan fingerprint density at radius 1 is 0.881 bits per heavy atom. The summed E-state index contributed by atoms with van der Waals surface area (Å²) < 4.78 is 43.9. The van der Waals surface area contributed by atoms with E-state index in [1.54, 1.807) is 30.3 Å². The topological polar surface area (TPSA) is 108 Å². The molecule has 0 radical (unpaired) electrons. The van der Waals surface area contributed by atoms with Gasteiger partial charge in [-0.3, -0.25) is 14.5 Å². The molecule has 1 heterocycles. The van der Waals surface area contributed by atoms with Crippen LogP contribution in [0.1, 0.15) is 29.4 Å². The van der Waals surface area contributed by atoms with Crippen LogP contribution in [0.15, 0.2) is 95.5 Å². The normalized spacial score (nSPS) is 20.3. The Kier molecular flexibility index (Phi) is 7.80. The quantitative estimate of drug-likeness (QED) is 0.333. The summed E-state index contributed by atoms with van der Waals surface area (Å²) in [5, 5.41) is 0. The number of anilines is 1. The second-order valence-electron chi connectivity index (χ2n) is 9.90. The molecule has 8 nitrogen and oxygen atoms in total. The predicted octanol–water partition coefficient (Wildman–Crippen LogP) is 4.72. The van der Waals surface area contributed by atoms with E-state index in [0.717, 1.165) is 0 Å². The van der Waals surface area contributed by atoms with Gasteiger partial charge < -0.3 is 19.9 Å². The zero-order valence-electron chi connectivity index (χ0n) is 23.1. The lowest BCUT2D eigenvalue weighted by Crippen LogP contribution is -2.46. The Balaban J connectivity index is 1.81. The van der Waals surface area contributed by atoms with Crippen molar-refractivity contribution < 1.29 is 37.4 Å². The van der Waals surface area contributed by atoms with Crippen molar-refractivity contribution >= 4 is 23.4 Å². The molecule has 0 spiro atoms. The number of ether oxygens (including phenoxy) is 3. The third kappa shape index (κ3) is 4.89. The average Bonchev–Trinajstić information content (AvgIpc) is 3.00. The zero-order chi connectivity index (χ0) is 30.1. The van der Waals surface area contributed by atoms with Crippen molar-refractivity contribution in [1.29, 1.82) is 0 Å². The molecule has 2 aliphatic rings. The molecule has 0 unspecified atom stereocenters. The van der Waals surface area contributed by atoms with Crippen LogP contribution in [0.2, 0.25) is 0 Å². The molecule has 2 N–H and O–H groups in total. The molecule has 42 heavy (non-hydrogen) atoms. The number of hydrogen-bond donors (Lipinski definition) is 1.